The van der Waals surface area contributed by atoms with Crippen LogP contribution in [0.15, 0.2) is 76.2 Å². The van der Waals surface area contributed by atoms with E-state index in [1.807, 2.05) is 65.6 Å². The summed E-state index contributed by atoms with van der Waals surface area (Å²) < 4.78 is 31.8. The van der Waals surface area contributed by atoms with Gasteiger partial charge in [-0.2, -0.15) is 0 Å². The zero-order valence-corrected chi connectivity index (χ0v) is 22.8. The fraction of sp³-hybridized carbons (Fsp3) is 0.304. The number of aliphatic imine (C=N–C) groups is 1. The van der Waals surface area contributed by atoms with Gasteiger partial charge >= 0.3 is 203 Å². The van der Waals surface area contributed by atoms with Crippen molar-refractivity contribution in [2.24, 2.45) is 4.99 Å². The van der Waals surface area contributed by atoms with Gasteiger partial charge in [-0.1, -0.05) is 0 Å². The molecule has 0 bridgehead atoms. The number of hydrogen-bond acceptors (Lipinski definition) is 6. The molecule has 0 radical (unpaired) electrons. The van der Waals surface area contributed by atoms with Crippen molar-refractivity contribution in [3.8, 4) is 0 Å². The fourth-order valence-electron chi connectivity index (χ4n) is 2.46. The first kappa shape index (κ1) is 26.8. The molecule has 0 heterocycles. The maximum atomic E-state index is 13.0. The van der Waals surface area contributed by atoms with E-state index in [0.717, 1.165) is 8.92 Å². The minimum absolute atomic E-state index is 0.0968. The van der Waals surface area contributed by atoms with Crippen LogP contribution in [0.1, 0.15) is 20.8 Å². The van der Waals surface area contributed by atoms with Crippen molar-refractivity contribution in [1.82, 2.24) is 0 Å². The summed E-state index contributed by atoms with van der Waals surface area (Å²) >= 11 is -0.393. The van der Waals surface area contributed by atoms with E-state index in [1.165, 1.54) is 0 Å². The Morgan fingerprint density at radius 1 is 0.906 bits per heavy atom. The Labute approximate surface area is 202 Å². The number of ether oxygens (including phenoxy) is 1. The SMILES string of the molecule is CCOC(=O)C(=C/[Se]c1ccccc1)/C(=N/CP(=O)(OCC)OCC)[Se]c1ccccc1. The molecule has 9 heteroatoms. The predicted octanol–water partition coefficient (Wildman–Crippen LogP) is 3.11. The van der Waals surface area contributed by atoms with Crippen molar-refractivity contribution in [3.63, 3.8) is 0 Å². The van der Waals surface area contributed by atoms with Gasteiger partial charge in [0, 0.05) is 0 Å². The van der Waals surface area contributed by atoms with Crippen LogP contribution < -0.4 is 8.92 Å². The van der Waals surface area contributed by atoms with E-state index in [2.05, 4.69) is 4.99 Å². The third-order valence-corrected chi connectivity index (χ3v) is 9.66. The van der Waals surface area contributed by atoms with Gasteiger partial charge in [-0.15, -0.1) is 0 Å². The van der Waals surface area contributed by atoms with Gasteiger partial charge in [0.05, 0.1) is 0 Å². The molecule has 0 N–H and O–H groups in total. The third-order valence-electron chi connectivity index (χ3n) is 3.78. The molecule has 2 aromatic carbocycles. The topological polar surface area (TPSA) is 74.2 Å². The Bertz CT molecular complexity index is 941. The Balaban J connectivity index is 2.45. The summed E-state index contributed by atoms with van der Waals surface area (Å²) in [6.07, 6.45) is -0.145. The Kier molecular flexibility index (Phi) is 12.2. The van der Waals surface area contributed by atoms with E-state index in [0.29, 0.717) is 10.2 Å². The molecular formula is C23H28NO5PSe2. The average Bonchev–Trinajstić information content (AvgIpc) is 2.79. The van der Waals surface area contributed by atoms with E-state index in [1.54, 1.807) is 20.8 Å². The summed E-state index contributed by atoms with van der Waals surface area (Å²) in [6.45, 7) is 6.06. The average molecular weight is 587 g/mol. The van der Waals surface area contributed by atoms with Gasteiger partial charge < -0.3 is 0 Å². The zero-order chi connectivity index (χ0) is 23.2. The molecule has 0 aliphatic heterocycles. The van der Waals surface area contributed by atoms with Gasteiger partial charge in [0.25, 0.3) is 0 Å². The monoisotopic (exact) mass is 589 g/mol. The molecule has 0 saturated heterocycles. The van der Waals surface area contributed by atoms with Crippen molar-refractivity contribution < 1.29 is 23.1 Å². The summed E-state index contributed by atoms with van der Waals surface area (Å²) in [4.78, 5) is 19.4. The first-order valence-corrected chi connectivity index (χ1v) is 15.5. The van der Waals surface area contributed by atoms with Crippen LogP contribution in [0, 0.1) is 0 Å². The minimum atomic E-state index is -3.39. The summed E-state index contributed by atoms with van der Waals surface area (Å²) in [5.74, 6) is -0.426. The number of rotatable bonds is 13. The molecule has 0 amide bonds. The molecule has 0 fully saturated rings. The van der Waals surface area contributed by atoms with Crippen LogP contribution >= 0.6 is 7.60 Å². The van der Waals surface area contributed by atoms with E-state index < -0.39 is 13.6 Å². The van der Waals surface area contributed by atoms with Crippen molar-refractivity contribution in [2.45, 2.75) is 20.8 Å². The third kappa shape index (κ3) is 9.17. The number of nitrogens with zero attached hydrogens (tertiary/aromatic N) is 1. The second-order valence-corrected chi connectivity index (χ2v) is 12.4. The number of carbonyl (C=O) groups excluding carboxylic acids is 1. The number of carbonyl (C=O) groups is 1. The molecule has 0 unspecified atom stereocenters. The van der Waals surface area contributed by atoms with Gasteiger partial charge in [-0.05, 0) is 0 Å². The van der Waals surface area contributed by atoms with Gasteiger partial charge in [0.2, 0.25) is 0 Å². The molecule has 32 heavy (non-hydrogen) atoms. The molecule has 0 aliphatic carbocycles. The van der Waals surface area contributed by atoms with Crippen molar-refractivity contribution in [1.29, 1.82) is 0 Å². The number of benzene rings is 2. The first-order chi connectivity index (χ1) is 15.5. The second kappa shape index (κ2) is 14.6. The van der Waals surface area contributed by atoms with Crippen LogP contribution in [0.3, 0.4) is 0 Å². The summed E-state index contributed by atoms with van der Waals surface area (Å²) in [6, 6.07) is 19.8. The molecular weight excluding hydrogens is 559 g/mol. The summed E-state index contributed by atoms with van der Waals surface area (Å²) in [5, 5.41) is 0. The van der Waals surface area contributed by atoms with E-state index in [9.17, 15) is 9.36 Å². The Morgan fingerprint density at radius 3 is 2.00 bits per heavy atom. The molecule has 0 aliphatic rings. The standard InChI is InChI=1S/C23H28NO5PSe2/c1-4-27-23(25)21(17-31-19-13-9-7-10-14-19)22(32-20-15-11-8-12-16-20)24-18-30(26,28-5-2)29-6-3/h7-17H,4-6,18H2,1-3H3/b21-17+,24-22-. The second-order valence-electron chi connectivity index (χ2n) is 6.15. The van der Waals surface area contributed by atoms with Crippen LogP contribution in [0.4, 0.5) is 0 Å². The Hall–Kier alpha value is -1.49. The maximum absolute atomic E-state index is 13.0. The molecule has 0 saturated carbocycles. The Morgan fingerprint density at radius 2 is 1.47 bits per heavy atom. The molecule has 172 valence electrons. The number of esters is 1. The van der Waals surface area contributed by atoms with Crippen LogP contribution in [-0.4, -0.2) is 66.6 Å². The molecule has 0 atom stereocenters. The van der Waals surface area contributed by atoms with Crippen LogP contribution in [0.25, 0.3) is 0 Å². The van der Waals surface area contributed by atoms with Gasteiger partial charge in [0.1, 0.15) is 0 Å². The van der Waals surface area contributed by atoms with Gasteiger partial charge in [-0.3, -0.25) is 0 Å². The van der Waals surface area contributed by atoms with Crippen LogP contribution in [-0.2, 0) is 23.1 Å². The van der Waals surface area contributed by atoms with Gasteiger partial charge in [-0.25, -0.2) is 0 Å². The molecule has 2 aromatic rings. The zero-order valence-electron chi connectivity index (χ0n) is 18.4. The first-order valence-electron chi connectivity index (χ1n) is 10.3. The summed E-state index contributed by atoms with van der Waals surface area (Å²) in [7, 11) is -3.39. The van der Waals surface area contributed by atoms with Crippen molar-refractivity contribution >= 4 is 57.0 Å². The molecule has 2 rings (SSSR count). The summed E-state index contributed by atoms with van der Waals surface area (Å²) in [5.41, 5.74) is 0.416. The molecule has 0 aromatic heterocycles. The van der Waals surface area contributed by atoms with Crippen molar-refractivity contribution in [3.05, 3.63) is 71.2 Å². The normalized spacial score (nSPS) is 12.6. The predicted molar refractivity (Wildman–Crippen MR) is 132 cm³/mol. The van der Waals surface area contributed by atoms with E-state index in [-0.39, 0.29) is 56.0 Å². The van der Waals surface area contributed by atoms with Crippen LogP contribution in [0.5, 0.6) is 0 Å². The molecule has 6 nitrogen and oxygen atoms in total. The quantitative estimate of drug-likeness (QED) is 0.119. The van der Waals surface area contributed by atoms with E-state index in [4.69, 9.17) is 13.8 Å². The number of hydrogen-bond donors (Lipinski definition) is 0. The fourth-order valence-corrected chi connectivity index (χ4v) is 7.90. The van der Waals surface area contributed by atoms with Gasteiger partial charge in [0.15, 0.2) is 0 Å². The van der Waals surface area contributed by atoms with Crippen molar-refractivity contribution in [2.75, 3.05) is 26.1 Å². The van der Waals surface area contributed by atoms with Crippen LogP contribution in [0.2, 0.25) is 0 Å². The molecule has 0 spiro atoms. The van der Waals surface area contributed by atoms with E-state index >= 15 is 0 Å².